The van der Waals surface area contributed by atoms with Gasteiger partial charge in [-0.15, -0.1) is 0 Å². The van der Waals surface area contributed by atoms with E-state index in [9.17, 15) is 17.2 Å². The molecule has 0 aromatic rings. The Morgan fingerprint density at radius 1 is 1.50 bits per heavy atom. The fourth-order valence-corrected chi connectivity index (χ4v) is 2.95. The summed E-state index contributed by atoms with van der Waals surface area (Å²) >= 11 is 0. The Balaban J connectivity index is 2.35. The minimum atomic E-state index is -3.20. The fourth-order valence-electron chi connectivity index (χ4n) is 2.01. The van der Waals surface area contributed by atoms with Crippen LogP contribution in [0.1, 0.15) is 12.8 Å². The molecular formula is C10H20F2N2O3S. The first-order chi connectivity index (χ1) is 8.24. The van der Waals surface area contributed by atoms with Gasteiger partial charge in [-0.3, -0.25) is 0 Å². The maximum Gasteiger partial charge on any atom is 0.282 e. The van der Waals surface area contributed by atoms with Crippen molar-refractivity contribution < 1.29 is 22.3 Å². The highest BCUT2D eigenvalue weighted by molar-refractivity contribution is 7.88. The van der Waals surface area contributed by atoms with Crippen LogP contribution < -0.4 is 5.32 Å². The monoisotopic (exact) mass is 286 g/mol. The van der Waals surface area contributed by atoms with Gasteiger partial charge in [-0.2, -0.15) is 0 Å². The summed E-state index contributed by atoms with van der Waals surface area (Å²) < 4.78 is 49.6. The Hall–Kier alpha value is -0.310. The van der Waals surface area contributed by atoms with Crippen LogP contribution in [0.3, 0.4) is 0 Å². The molecule has 1 aliphatic rings. The Kier molecular flexibility index (Phi) is 5.45. The number of hydrogen-bond acceptors (Lipinski definition) is 4. The lowest BCUT2D eigenvalue weighted by molar-refractivity contribution is -0.0481. The van der Waals surface area contributed by atoms with Gasteiger partial charge in [0.25, 0.3) is 5.92 Å². The summed E-state index contributed by atoms with van der Waals surface area (Å²) in [6, 6.07) is 0. The van der Waals surface area contributed by atoms with E-state index in [1.165, 1.54) is 4.31 Å². The zero-order valence-electron chi connectivity index (χ0n) is 10.4. The molecule has 2 N–H and O–H groups in total. The number of sulfonamides is 1. The molecule has 1 fully saturated rings. The second-order valence-electron chi connectivity index (χ2n) is 4.77. The van der Waals surface area contributed by atoms with Gasteiger partial charge in [-0.05, 0) is 25.3 Å². The molecule has 0 aromatic carbocycles. The molecule has 1 atom stereocenters. The zero-order chi connectivity index (χ0) is 13.8. The van der Waals surface area contributed by atoms with E-state index < -0.39 is 29.1 Å². The molecule has 5 nitrogen and oxygen atoms in total. The smallest absolute Gasteiger partial charge is 0.282 e. The van der Waals surface area contributed by atoms with Crippen molar-refractivity contribution in [3.05, 3.63) is 0 Å². The summed E-state index contributed by atoms with van der Waals surface area (Å²) in [6.45, 7) is -0.556. The molecule has 0 saturated carbocycles. The van der Waals surface area contributed by atoms with Crippen LogP contribution >= 0.6 is 0 Å². The zero-order valence-corrected chi connectivity index (χ0v) is 11.2. The molecule has 0 aromatic heterocycles. The second-order valence-corrected chi connectivity index (χ2v) is 6.76. The lowest BCUT2D eigenvalue weighted by Gasteiger charge is -2.31. The van der Waals surface area contributed by atoms with Crippen molar-refractivity contribution in [2.75, 3.05) is 39.0 Å². The van der Waals surface area contributed by atoms with Gasteiger partial charge in [0, 0.05) is 13.1 Å². The standard InChI is InChI=1S/C10H20F2N2O3S/c1-18(16,17)14-4-2-3-9(6-14)5-13-7-10(11,12)8-15/h9,13,15H,2-8H2,1H3. The van der Waals surface area contributed by atoms with Crippen LogP contribution in [0.2, 0.25) is 0 Å². The van der Waals surface area contributed by atoms with Crippen molar-refractivity contribution in [3.63, 3.8) is 0 Å². The maximum absolute atomic E-state index is 12.8. The third-order valence-corrected chi connectivity index (χ3v) is 4.27. The van der Waals surface area contributed by atoms with Gasteiger partial charge in [-0.1, -0.05) is 0 Å². The van der Waals surface area contributed by atoms with Gasteiger partial charge >= 0.3 is 0 Å². The van der Waals surface area contributed by atoms with Crippen LogP contribution in [-0.4, -0.2) is 62.8 Å². The minimum Gasteiger partial charge on any atom is -0.390 e. The molecule has 108 valence electrons. The molecule has 8 heteroatoms. The van der Waals surface area contributed by atoms with Gasteiger partial charge in [0.05, 0.1) is 12.8 Å². The highest BCUT2D eigenvalue weighted by atomic mass is 32.2. The molecule has 1 saturated heterocycles. The van der Waals surface area contributed by atoms with Crippen LogP contribution in [0.4, 0.5) is 8.78 Å². The molecule has 1 aliphatic heterocycles. The largest absolute Gasteiger partial charge is 0.390 e. The quantitative estimate of drug-likeness (QED) is 0.714. The van der Waals surface area contributed by atoms with E-state index in [-0.39, 0.29) is 5.92 Å². The fraction of sp³-hybridized carbons (Fsp3) is 1.00. The van der Waals surface area contributed by atoms with Gasteiger partial charge < -0.3 is 10.4 Å². The van der Waals surface area contributed by atoms with E-state index >= 15 is 0 Å². The lowest BCUT2D eigenvalue weighted by atomic mass is 10.00. The third kappa shape index (κ3) is 5.13. The molecule has 1 unspecified atom stereocenters. The molecule has 0 bridgehead atoms. The van der Waals surface area contributed by atoms with Crippen molar-refractivity contribution >= 4 is 10.0 Å². The number of rotatable bonds is 6. The van der Waals surface area contributed by atoms with Crippen molar-refractivity contribution in [2.24, 2.45) is 5.92 Å². The highest BCUT2D eigenvalue weighted by Crippen LogP contribution is 2.18. The van der Waals surface area contributed by atoms with Crippen molar-refractivity contribution in [3.8, 4) is 0 Å². The Bertz CT molecular complexity index is 362. The number of piperidine rings is 1. The normalized spacial score (nSPS) is 23.2. The number of alkyl halides is 2. The van der Waals surface area contributed by atoms with Crippen LogP contribution in [0.5, 0.6) is 0 Å². The summed E-state index contributed by atoms with van der Waals surface area (Å²) in [6.07, 6.45) is 2.72. The number of aliphatic hydroxyl groups excluding tert-OH is 1. The van der Waals surface area contributed by atoms with Crippen LogP contribution in [-0.2, 0) is 10.0 Å². The molecular weight excluding hydrogens is 266 g/mol. The summed E-state index contributed by atoms with van der Waals surface area (Å²) in [5.41, 5.74) is 0. The predicted octanol–water partition coefficient (Wildman–Crippen LogP) is -0.125. The number of hydrogen-bond donors (Lipinski definition) is 2. The second kappa shape index (κ2) is 6.23. The van der Waals surface area contributed by atoms with E-state index in [2.05, 4.69) is 5.32 Å². The van der Waals surface area contributed by atoms with E-state index in [1.807, 2.05) is 0 Å². The van der Waals surface area contributed by atoms with Gasteiger partial charge in [-0.25, -0.2) is 21.5 Å². The summed E-state index contributed by atoms with van der Waals surface area (Å²) in [7, 11) is -3.20. The summed E-state index contributed by atoms with van der Waals surface area (Å²) in [5.74, 6) is -3.08. The van der Waals surface area contributed by atoms with Gasteiger partial charge in [0.2, 0.25) is 10.0 Å². The molecule has 1 heterocycles. The summed E-state index contributed by atoms with van der Waals surface area (Å²) in [4.78, 5) is 0. The number of aliphatic hydroxyl groups is 1. The predicted molar refractivity (Wildman–Crippen MR) is 64.0 cm³/mol. The molecule has 1 rings (SSSR count). The number of nitrogens with one attached hydrogen (secondary N) is 1. The molecule has 0 spiro atoms. The Morgan fingerprint density at radius 2 is 2.17 bits per heavy atom. The molecule has 0 radical (unpaired) electrons. The van der Waals surface area contributed by atoms with Crippen LogP contribution in [0.25, 0.3) is 0 Å². The topological polar surface area (TPSA) is 69.6 Å². The Labute approximate surface area is 106 Å². The first-order valence-corrected chi connectivity index (χ1v) is 7.74. The maximum atomic E-state index is 12.8. The third-order valence-electron chi connectivity index (χ3n) is 3.00. The number of halogens is 2. The SMILES string of the molecule is CS(=O)(=O)N1CCCC(CNCC(F)(F)CO)C1. The van der Waals surface area contributed by atoms with Crippen molar-refractivity contribution in [2.45, 2.75) is 18.8 Å². The lowest BCUT2D eigenvalue weighted by Crippen LogP contribution is -2.44. The first-order valence-electron chi connectivity index (χ1n) is 5.89. The summed E-state index contributed by atoms with van der Waals surface area (Å²) in [5, 5.41) is 11.0. The van der Waals surface area contributed by atoms with Crippen LogP contribution in [0, 0.1) is 5.92 Å². The highest BCUT2D eigenvalue weighted by Gasteiger charge is 2.29. The van der Waals surface area contributed by atoms with Gasteiger partial charge in [0.1, 0.15) is 6.61 Å². The Morgan fingerprint density at radius 3 is 2.72 bits per heavy atom. The van der Waals surface area contributed by atoms with E-state index in [4.69, 9.17) is 5.11 Å². The van der Waals surface area contributed by atoms with Crippen molar-refractivity contribution in [1.29, 1.82) is 0 Å². The molecule has 18 heavy (non-hydrogen) atoms. The van der Waals surface area contributed by atoms with Crippen LogP contribution in [0.15, 0.2) is 0 Å². The first kappa shape index (κ1) is 15.7. The van der Waals surface area contributed by atoms with Gasteiger partial charge in [0.15, 0.2) is 0 Å². The molecule has 0 amide bonds. The van der Waals surface area contributed by atoms with Crippen molar-refractivity contribution in [1.82, 2.24) is 9.62 Å². The molecule has 0 aliphatic carbocycles. The van der Waals surface area contributed by atoms with E-state index in [0.717, 1.165) is 19.1 Å². The number of nitrogens with zero attached hydrogens (tertiary/aromatic N) is 1. The van der Waals surface area contributed by atoms with E-state index in [0.29, 0.717) is 19.6 Å². The average Bonchev–Trinajstić information content (AvgIpc) is 2.28. The van der Waals surface area contributed by atoms with E-state index in [1.54, 1.807) is 0 Å². The minimum absolute atomic E-state index is 0.0444. The average molecular weight is 286 g/mol.